The Kier molecular flexibility index (Phi) is 4.24. The molecule has 1 aliphatic heterocycles. The number of hydrogen-bond acceptors (Lipinski definition) is 4. The number of piperidine rings is 1. The van der Waals surface area contributed by atoms with Gasteiger partial charge in [-0.25, -0.2) is 17.9 Å². The lowest BCUT2D eigenvalue weighted by atomic mass is 10.00. The van der Waals surface area contributed by atoms with Crippen LogP contribution >= 0.6 is 0 Å². The summed E-state index contributed by atoms with van der Waals surface area (Å²) in [5.74, 6) is 0.423. The number of aryl methyl sites for hydroxylation is 1. The summed E-state index contributed by atoms with van der Waals surface area (Å²) in [4.78, 5) is 12.9. The molecule has 0 spiro atoms. The maximum atomic E-state index is 12.7. The van der Waals surface area contributed by atoms with Gasteiger partial charge in [0.15, 0.2) is 0 Å². The number of hydrogen-bond donors (Lipinski definition) is 2. The average Bonchev–Trinajstić information content (AvgIpc) is 3.29. The molecule has 2 aliphatic rings. The van der Waals surface area contributed by atoms with Crippen LogP contribution in [0.25, 0.3) is 11.0 Å². The number of aromatic nitrogens is 2. The van der Waals surface area contributed by atoms with Gasteiger partial charge in [0, 0.05) is 19.1 Å². The lowest BCUT2D eigenvalue weighted by molar-refractivity contribution is 0.336. The average molecular weight is 378 g/mol. The molecule has 0 bridgehead atoms. The summed E-state index contributed by atoms with van der Waals surface area (Å²) in [5.41, 5.74) is 1.03. The second kappa shape index (κ2) is 6.21. The Labute approximate surface area is 153 Å². The van der Waals surface area contributed by atoms with Gasteiger partial charge in [-0.3, -0.25) is 9.13 Å². The quantitative estimate of drug-likeness (QED) is 0.818. The van der Waals surface area contributed by atoms with Crippen molar-refractivity contribution < 1.29 is 8.42 Å². The first-order chi connectivity index (χ1) is 12.3. The zero-order valence-corrected chi connectivity index (χ0v) is 16.1. The summed E-state index contributed by atoms with van der Waals surface area (Å²) >= 11 is 0. The van der Waals surface area contributed by atoms with Gasteiger partial charge in [-0.05, 0) is 69.8 Å². The predicted octanol–water partition coefficient (Wildman–Crippen LogP) is 1.17. The Hall–Kier alpha value is -1.64. The highest BCUT2D eigenvalue weighted by molar-refractivity contribution is 7.89. The number of sulfonamides is 1. The summed E-state index contributed by atoms with van der Waals surface area (Å²) in [6, 6.07) is 4.97. The summed E-state index contributed by atoms with van der Waals surface area (Å²) in [6.07, 6.45) is 3.94. The minimum Gasteiger partial charge on any atom is -0.316 e. The fourth-order valence-electron chi connectivity index (χ4n) is 3.74. The highest BCUT2D eigenvalue weighted by Gasteiger charge is 2.41. The molecule has 1 unspecified atom stereocenters. The zero-order chi connectivity index (χ0) is 18.5. The molecule has 1 aromatic carbocycles. The molecule has 0 amide bonds. The van der Waals surface area contributed by atoms with E-state index in [9.17, 15) is 13.2 Å². The molecule has 7 nitrogen and oxygen atoms in total. The van der Waals surface area contributed by atoms with Crippen molar-refractivity contribution in [3.63, 3.8) is 0 Å². The van der Waals surface area contributed by atoms with Crippen LogP contribution in [-0.2, 0) is 23.6 Å². The fraction of sp³-hybridized carbons (Fsp3) is 0.611. The second-order valence-corrected chi connectivity index (χ2v) is 9.66. The molecular formula is C18H26N4O3S. The molecule has 2 aromatic rings. The van der Waals surface area contributed by atoms with Crippen molar-refractivity contribution in [1.29, 1.82) is 0 Å². The van der Waals surface area contributed by atoms with E-state index in [1.165, 1.54) is 0 Å². The third-order valence-electron chi connectivity index (χ3n) is 5.65. The molecule has 4 rings (SSSR count). The molecule has 0 radical (unpaired) electrons. The van der Waals surface area contributed by atoms with Crippen molar-refractivity contribution in [3.8, 4) is 0 Å². The van der Waals surface area contributed by atoms with Crippen molar-refractivity contribution in [3.05, 3.63) is 28.7 Å². The summed E-state index contributed by atoms with van der Waals surface area (Å²) < 4.78 is 31.4. The summed E-state index contributed by atoms with van der Waals surface area (Å²) in [6.45, 7) is 4.52. The Morgan fingerprint density at radius 1 is 1.31 bits per heavy atom. The van der Waals surface area contributed by atoms with Gasteiger partial charge in [-0.2, -0.15) is 0 Å². The molecule has 8 heteroatoms. The first-order valence-corrected chi connectivity index (χ1v) is 10.7. The van der Waals surface area contributed by atoms with E-state index in [0.717, 1.165) is 44.3 Å². The van der Waals surface area contributed by atoms with Crippen molar-refractivity contribution >= 4 is 21.1 Å². The largest absolute Gasteiger partial charge is 0.328 e. The number of nitrogens with zero attached hydrogens (tertiary/aromatic N) is 2. The van der Waals surface area contributed by atoms with Crippen LogP contribution in [0.5, 0.6) is 0 Å². The highest BCUT2D eigenvalue weighted by atomic mass is 32.2. The monoisotopic (exact) mass is 378 g/mol. The number of imidazole rings is 1. The van der Waals surface area contributed by atoms with E-state index in [4.69, 9.17) is 0 Å². The standard InChI is InChI=1S/C18H26N4O3S/c1-18(7-8-18)20-26(24,25)14-5-6-15-16(10-14)21(2)17(23)22(15)12-13-4-3-9-19-11-13/h5-6,10,13,19-20H,3-4,7-9,11-12H2,1-2H3. The molecule has 1 aromatic heterocycles. The molecular weight excluding hydrogens is 352 g/mol. The molecule has 2 heterocycles. The van der Waals surface area contributed by atoms with E-state index >= 15 is 0 Å². The van der Waals surface area contributed by atoms with Crippen molar-refractivity contribution in [1.82, 2.24) is 19.2 Å². The van der Waals surface area contributed by atoms with Gasteiger partial charge in [-0.15, -0.1) is 0 Å². The van der Waals surface area contributed by atoms with E-state index in [1.54, 1.807) is 34.4 Å². The molecule has 1 atom stereocenters. The van der Waals surface area contributed by atoms with Crippen LogP contribution in [0.15, 0.2) is 27.9 Å². The predicted molar refractivity (Wildman–Crippen MR) is 101 cm³/mol. The SMILES string of the molecule is Cn1c(=O)n(CC2CCCNC2)c2ccc(S(=O)(=O)NC3(C)CC3)cc21. The molecule has 142 valence electrons. The Balaban J connectivity index is 1.70. The number of nitrogens with one attached hydrogen (secondary N) is 2. The number of fused-ring (bicyclic) bond motifs is 1. The van der Waals surface area contributed by atoms with Gasteiger partial charge >= 0.3 is 5.69 Å². The molecule has 2 N–H and O–H groups in total. The van der Waals surface area contributed by atoms with Gasteiger partial charge in [0.25, 0.3) is 0 Å². The third kappa shape index (κ3) is 3.21. The van der Waals surface area contributed by atoms with Crippen LogP contribution in [0.3, 0.4) is 0 Å². The van der Waals surface area contributed by atoms with E-state index in [2.05, 4.69) is 10.0 Å². The van der Waals surface area contributed by atoms with Crippen molar-refractivity contribution in [2.75, 3.05) is 13.1 Å². The topological polar surface area (TPSA) is 85.1 Å². The van der Waals surface area contributed by atoms with Crippen molar-refractivity contribution in [2.45, 2.75) is 49.6 Å². The Morgan fingerprint density at radius 3 is 2.73 bits per heavy atom. The van der Waals surface area contributed by atoms with Crippen LogP contribution in [0.4, 0.5) is 0 Å². The normalized spacial score (nSPS) is 22.6. The fourth-order valence-corrected chi connectivity index (χ4v) is 5.23. The van der Waals surface area contributed by atoms with Crippen LogP contribution in [-0.4, -0.2) is 36.2 Å². The van der Waals surface area contributed by atoms with E-state index < -0.39 is 10.0 Å². The molecule has 1 saturated carbocycles. The lowest BCUT2D eigenvalue weighted by Gasteiger charge is -2.22. The first-order valence-electron chi connectivity index (χ1n) is 9.23. The maximum Gasteiger partial charge on any atom is 0.328 e. The first kappa shape index (κ1) is 17.8. The number of rotatable bonds is 5. The van der Waals surface area contributed by atoms with Gasteiger partial charge in [0.1, 0.15) is 0 Å². The van der Waals surface area contributed by atoms with Crippen molar-refractivity contribution in [2.24, 2.45) is 13.0 Å². The van der Waals surface area contributed by atoms with Gasteiger partial charge < -0.3 is 5.32 Å². The van der Waals surface area contributed by atoms with Gasteiger partial charge in [-0.1, -0.05) is 0 Å². The third-order valence-corrected chi connectivity index (χ3v) is 7.28. The molecule has 26 heavy (non-hydrogen) atoms. The summed E-state index contributed by atoms with van der Waals surface area (Å²) in [7, 11) is -1.88. The second-order valence-electron chi connectivity index (χ2n) is 7.98. The smallest absolute Gasteiger partial charge is 0.316 e. The Morgan fingerprint density at radius 2 is 2.08 bits per heavy atom. The number of benzene rings is 1. The zero-order valence-electron chi connectivity index (χ0n) is 15.3. The van der Waals surface area contributed by atoms with Crippen LogP contribution in [0, 0.1) is 5.92 Å². The van der Waals surface area contributed by atoms with Gasteiger partial charge in [0.2, 0.25) is 10.0 Å². The highest BCUT2D eigenvalue weighted by Crippen LogP contribution is 2.36. The maximum absolute atomic E-state index is 12.7. The van der Waals surface area contributed by atoms with Crippen LogP contribution < -0.4 is 15.7 Å². The molecule has 2 fully saturated rings. The summed E-state index contributed by atoms with van der Waals surface area (Å²) in [5, 5.41) is 3.38. The van der Waals surface area contributed by atoms with E-state index in [0.29, 0.717) is 18.0 Å². The minimum atomic E-state index is -3.58. The minimum absolute atomic E-state index is 0.0952. The van der Waals surface area contributed by atoms with E-state index in [-0.39, 0.29) is 16.1 Å². The van der Waals surface area contributed by atoms with Crippen LogP contribution in [0.1, 0.15) is 32.6 Å². The van der Waals surface area contributed by atoms with Gasteiger partial charge in [0.05, 0.1) is 15.9 Å². The Bertz CT molecular complexity index is 995. The van der Waals surface area contributed by atoms with E-state index in [1.807, 2.05) is 6.92 Å². The lowest BCUT2D eigenvalue weighted by Crippen LogP contribution is -2.34. The molecule has 1 aliphatic carbocycles. The van der Waals surface area contributed by atoms with Crippen LogP contribution in [0.2, 0.25) is 0 Å². The molecule has 1 saturated heterocycles.